The highest BCUT2D eigenvalue weighted by Crippen LogP contribution is 2.17. The van der Waals surface area contributed by atoms with Gasteiger partial charge in [-0.25, -0.2) is 4.79 Å². The maximum atomic E-state index is 12.6. The third-order valence-corrected chi connectivity index (χ3v) is 5.55. The Balaban J connectivity index is 1.92. The first kappa shape index (κ1) is 25.1. The lowest BCUT2D eigenvalue weighted by Crippen LogP contribution is -2.47. The van der Waals surface area contributed by atoms with Crippen molar-refractivity contribution in [3.63, 3.8) is 0 Å². The Morgan fingerprint density at radius 2 is 1.78 bits per heavy atom. The van der Waals surface area contributed by atoms with Gasteiger partial charge in [0, 0.05) is 30.4 Å². The van der Waals surface area contributed by atoms with Gasteiger partial charge in [-0.1, -0.05) is 13.8 Å². The van der Waals surface area contributed by atoms with Gasteiger partial charge in [0.1, 0.15) is 12.6 Å². The molecule has 1 unspecified atom stereocenters. The molecule has 1 atom stereocenters. The molecule has 174 valence electrons. The molecule has 1 fully saturated rings. The quantitative estimate of drug-likeness (QED) is 0.533. The molecule has 0 aromatic heterocycles. The molecule has 3 N–H and O–H groups in total. The Bertz CT molecular complexity index is 823. The van der Waals surface area contributed by atoms with Crippen LogP contribution in [0.25, 0.3) is 0 Å². The zero-order chi connectivity index (χ0) is 23.7. The van der Waals surface area contributed by atoms with Crippen LogP contribution in [0.2, 0.25) is 0 Å². The molecule has 0 aliphatic carbocycles. The molecule has 9 nitrogen and oxygen atoms in total. The summed E-state index contributed by atoms with van der Waals surface area (Å²) in [5.74, 6) is -0.574. The van der Waals surface area contributed by atoms with Crippen LogP contribution in [0.5, 0.6) is 0 Å². The fourth-order valence-electron chi connectivity index (χ4n) is 3.69. The minimum atomic E-state index is -0.722. The number of amides is 4. The number of carbonyl (C=O) groups excluding carboxylic acids is 3. The van der Waals surface area contributed by atoms with Crippen molar-refractivity contribution in [3.8, 4) is 6.07 Å². The number of hydrogen-bond acceptors (Lipinski definition) is 5. The fourth-order valence-corrected chi connectivity index (χ4v) is 3.69. The van der Waals surface area contributed by atoms with Crippen molar-refractivity contribution in [2.75, 3.05) is 39.0 Å². The lowest BCUT2D eigenvalue weighted by atomic mass is 10.0. The van der Waals surface area contributed by atoms with E-state index in [1.54, 1.807) is 29.2 Å². The van der Waals surface area contributed by atoms with Gasteiger partial charge >= 0.3 is 6.03 Å². The van der Waals surface area contributed by atoms with E-state index in [1.807, 2.05) is 19.9 Å². The lowest BCUT2D eigenvalue weighted by Gasteiger charge is -2.35. The number of carbonyl (C=O) groups is 3. The van der Waals surface area contributed by atoms with Gasteiger partial charge in [0.2, 0.25) is 5.91 Å². The first-order valence-electron chi connectivity index (χ1n) is 11.0. The molecule has 1 aliphatic heterocycles. The topological polar surface area (TPSA) is 118 Å². The highest BCUT2D eigenvalue weighted by atomic mass is 16.2. The van der Waals surface area contributed by atoms with Gasteiger partial charge in [0.25, 0.3) is 5.91 Å². The van der Waals surface area contributed by atoms with E-state index < -0.39 is 6.04 Å². The smallest absolute Gasteiger partial charge is 0.321 e. The van der Waals surface area contributed by atoms with E-state index in [1.165, 1.54) is 0 Å². The number of likely N-dealkylation sites (tertiary alicyclic amines) is 1. The summed E-state index contributed by atoms with van der Waals surface area (Å²) in [6.45, 7) is 5.22. The van der Waals surface area contributed by atoms with E-state index in [0.717, 1.165) is 12.8 Å². The van der Waals surface area contributed by atoms with E-state index in [4.69, 9.17) is 5.26 Å². The number of urea groups is 1. The molecule has 9 heteroatoms. The molecular formula is C23H34N6O3. The number of nitrogens with zero attached hydrogens (tertiary/aromatic N) is 3. The zero-order valence-corrected chi connectivity index (χ0v) is 19.4. The highest BCUT2D eigenvalue weighted by molar-refractivity contribution is 5.98. The van der Waals surface area contributed by atoms with Crippen LogP contribution in [-0.4, -0.2) is 73.5 Å². The SMILES string of the molecule is CC(C)CC(NC(=O)c1ccc(NC(=O)N2CCC(N(C)C)CC2)cc1)C(=O)NCC#N. The second-order valence-corrected chi connectivity index (χ2v) is 8.72. The van der Waals surface area contributed by atoms with Crippen LogP contribution < -0.4 is 16.0 Å². The van der Waals surface area contributed by atoms with Crippen molar-refractivity contribution in [1.82, 2.24) is 20.4 Å². The summed E-state index contributed by atoms with van der Waals surface area (Å²) >= 11 is 0. The average Bonchev–Trinajstić information content (AvgIpc) is 2.77. The minimum Gasteiger partial charge on any atom is -0.341 e. The maximum Gasteiger partial charge on any atom is 0.321 e. The molecule has 1 aliphatic rings. The molecule has 1 heterocycles. The Hall–Kier alpha value is -3.12. The number of nitrogens with one attached hydrogen (secondary N) is 3. The van der Waals surface area contributed by atoms with E-state index >= 15 is 0 Å². The van der Waals surface area contributed by atoms with Gasteiger partial charge < -0.3 is 25.8 Å². The predicted octanol–water partition coefficient (Wildman–Crippen LogP) is 2.03. The van der Waals surface area contributed by atoms with Gasteiger partial charge in [0.15, 0.2) is 0 Å². The first-order chi connectivity index (χ1) is 15.2. The lowest BCUT2D eigenvalue weighted by molar-refractivity contribution is -0.123. The van der Waals surface area contributed by atoms with Crippen LogP contribution in [0.4, 0.5) is 10.5 Å². The summed E-state index contributed by atoms with van der Waals surface area (Å²) in [5, 5.41) is 16.8. The largest absolute Gasteiger partial charge is 0.341 e. The number of rotatable bonds is 8. The Kier molecular flexibility index (Phi) is 9.47. The van der Waals surface area contributed by atoms with E-state index in [9.17, 15) is 14.4 Å². The van der Waals surface area contributed by atoms with Gasteiger partial charge in [-0.15, -0.1) is 0 Å². The molecule has 0 saturated carbocycles. The van der Waals surface area contributed by atoms with Crippen LogP contribution in [0.15, 0.2) is 24.3 Å². The molecular weight excluding hydrogens is 408 g/mol. The molecule has 2 rings (SSSR count). The molecule has 4 amide bonds. The van der Waals surface area contributed by atoms with Gasteiger partial charge in [0.05, 0.1) is 6.07 Å². The van der Waals surface area contributed by atoms with Crippen LogP contribution in [-0.2, 0) is 4.79 Å². The summed E-state index contributed by atoms with van der Waals surface area (Å²) in [6, 6.07) is 8.06. The summed E-state index contributed by atoms with van der Waals surface area (Å²) in [4.78, 5) is 41.4. The number of anilines is 1. The summed E-state index contributed by atoms with van der Waals surface area (Å²) in [7, 11) is 4.11. The molecule has 1 saturated heterocycles. The van der Waals surface area contributed by atoms with Crippen LogP contribution in [0.1, 0.15) is 43.5 Å². The monoisotopic (exact) mass is 442 g/mol. The molecule has 1 aromatic carbocycles. The van der Waals surface area contributed by atoms with Crippen molar-refractivity contribution in [2.45, 2.75) is 45.2 Å². The number of nitriles is 1. The van der Waals surface area contributed by atoms with Crippen molar-refractivity contribution in [3.05, 3.63) is 29.8 Å². The second-order valence-electron chi connectivity index (χ2n) is 8.72. The normalized spacial score (nSPS) is 15.2. The zero-order valence-electron chi connectivity index (χ0n) is 19.4. The second kappa shape index (κ2) is 12.1. The first-order valence-corrected chi connectivity index (χ1v) is 11.0. The summed E-state index contributed by atoms with van der Waals surface area (Å²) in [6.07, 6.45) is 2.35. The molecule has 0 radical (unpaired) electrons. The third-order valence-electron chi connectivity index (χ3n) is 5.55. The Labute approximate surface area is 190 Å². The number of hydrogen-bond donors (Lipinski definition) is 3. The number of benzene rings is 1. The van der Waals surface area contributed by atoms with E-state index in [-0.39, 0.29) is 30.3 Å². The fraction of sp³-hybridized carbons (Fsp3) is 0.565. The highest BCUT2D eigenvalue weighted by Gasteiger charge is 2.24. The predicted molar refractivity (Wildman–Crippen MR) is 123 cm³/mol. The summed E-state index contributed by atoms with van der Waals surface area (Å²) in [5.41, 5.74) is 0.989. The van der Waals surface area contributed by atoms with Crippen LogP contribution >= 0.6 is 0 Å². The van der Waals surface area contributed by atoms with E-state index in [0.29, 0.717) is 36.8 Å². The average molecular weight is 443 g/mol. The molecule has 1 aromatic rings. The van der Waals surface area contributed by atoms with E-state index in [2.05, 4.69) is 34.9 Å². The number of piperidine rings is 1. The van der Waals surface area contributed by atoms with Crippen molar-refractivity contribution in [1.29, 1.82) is 5.26 Å². The Morgan fingerprint density at radius 3 is 2.31 bits per heavy atom. The Morgan fingerprint density at radius 1 is 1.16 bits per heavy atom. The molecule has 0 bridgehead atoms. The minimum absolute atomic E-state index is 0.107. The maximum absolute atomic E-state index is 12.6. The van der Waals surface area contributed by atoms with Crippen LogP contribution in [0.3, 0.4) is 0 Å². The molecule has 0 spiro atoms. The molecule has 32 heavy (non-hydrogen) atoms. The van der Waals surface area contributed by atoms with Crippen molar-refractivity contribution in [2.24, 2.45) is 5.92 Å². The standard InChI is InChI=1S/C23H34N6O3/c1-16(2)15-20(22(31)25-12-11-24)27-21(30)17-5-7-18(8-6-17)26-23(32)29-13-9-19(10-14-29)28(3)4/h5-8,16,19-20H,9-10,12-15H2,1-4H3,(H,25,31)(H,26,32)(H,27,30). The van der Waals surface area contributed by atoms with Crippen molar-refractivity contribution >= 4 is 23.5 Å². The van der Waals surface area contributed by atoms with Gasteiger partial charge in [-0.05, 0) is 63.5 Å². The third kappa shape index (κ3) is 7.54. The van der Waals surface area contributed by atoms with Crippen LogP contribution in [0, 0.1) is 17.2 Å². The van der Waals surface area contributed by atoms with Crippen molar-refractivity contribution < 1.29 is 14.4 Å². The summed E-state index contributed by atoms with van der Waals surface area (Å²) < 4.78 is 0. The van der Waals surface area contributed by atoms with Gasteiger partial charge in [-0.2, -0.15) is 5.26 Å². The van der Waals surface area contributed by atoms with Gasteiger partial charge in [-0.3, -0.25) is 9.59 Å².